The van der Waals surface area contributed by atoms with E-state index in [0.717, 1.165) is 70.6 Å². The van der Waals surface area contributed by atoms with Gasteiger partial charge in [-0.3, -0.25) is 14.4 Å². The summed E-state index contributed by atoms with van der Waals surface area (Å²) in [5.74, 6) is -3.22. The van der Waals surface area contributed by atoms with Crippen LogP contribution in [0, 0.1) is 0 Å². The van der Waals surface area contributed by atoms with Crippen molar-refractivity contribution in [2.45, 2.75) is 289 Å². The Morgan fingerprint density at radius 3 is 1.25 bits per heavy atom. The number of esters is 3. The van der Waals surface area contributed by atoms with E-state index in [4.69, 9.17) is 23.7 Å². The van der Waals surface area contributed by atoms with Crippen molar-refractivity contribution in [1.82, 2.24) is 0 Å². The van der Waals surface area contributed by atoms with Crippen LogP contribution in [0.2, 0.25) is 0 Å². The van der Waals surface area contributed by atoms with Gasteiger partial charge >= 0.3 is 23.9 Å². The van der Waals surface area contributed by atoms with Gasteiger partial charge in [0.15, 0.2) is 24.6 Å². The number of aliphatic carboxylic acids is 1. The summed E-state index contributed by atoms with van der Waals surface area (Å²) in [6, 6.07) is 0. The number of carbonyl (C=O) groups is 4. The smallest absolute Gasteiger partial charge is 0.335 e. The fraction of sp³-hybridized carbons (Fsp3) is 0.746. The van der Waals surface area contributed by atoms with E-state index >= 15 is 0 Å². The summed E-state index contributed by atoms with van der Waals surface area (Å²) in [4.78, 5) is 51.0. The van der Waals surface area contributed by atoms with Crippen LogP contribution in [0.3, 0.4) is 0 Å². The first kappa shape index (κ1) is 69.2. The number of hydrogen-bond acceptors (Lipinski definition) is 11. The Morgan fingerprint density at radius 1 is 0.453 bits per heavy atom. The second kappa shape index (κ2) is 50.9. The monoisotopic (exact) mass is 1050 g/mol. The maximum Gasteiger partial charge on any atom is 0.335 e. The SMILES string of the molecule is CC/C=C\C/C=C\C/C=C\C/C=C\C/C=C\C/C=C\CCC(=O)OC1C(OCC(COC(=O)CCCCCCCCCCCCCCCCCCC)OC(=O)CCCCCCCCCCC)OC(C(=O)O)C(O)C1O. The van der Waals surface area contributed by atoms with Gasteiger partial charge in [-0.25, -0.2) is 4.79 Å². The topological polar surface area (TPSA) is 175 Å². The molecule has 1 fully saturated rings. The zero-order chi connectivity index (χ0) is 54.7. The van der Waals surface area contributed by atoms with Crippen molar-refractivity contribution in [3.63, 3.8) is 0 Å². The van der Waals surface area contributed by atoms with Crippen molar-refractivity contribution in [3.8, 4) is 0 Å². The molecular formula is C63H106O12. The van der Waals surface area contributed by atoms with Gasteiger partial charge in [0.1, 0.15) is 18.8 Å². The number of aliphatic hydroxyl groups excluding tert-OH is 2. The lowest BCUT2D eigenvalue weighted by Gasteiger charge is -2.40. The number of allylic oxidation sites excluding steroid dienone is 12. The molecule has 0 aromatic carbocycles. The molecule has 1 aliphatic heterocycles. The summed E-state index contributed by atoms with van der Waals surface area (Å²) in [6.07, 6.45) is 51.8. The molecule has 0 aromatic heterocycles. The van der Waals surface area contributed by atoms with E-state index in [2.05, 4.69) is 75.5 Å². The van der Waals surface area contributed by atoms with Gasteiger partial charge < -0.3 is 39.0 Å². The van der Waals surface area contributed by atoms with Crippen molar-refractivity contribution < 1.29 is 58.2 Å². The highest BCUT2D eigenvalue weighted by molar-refractivity contribution is 5.74. The second-order valence-electron chi connectivity index (χ2n) is 20.3. The molecule has 3 N–H and O–H groups in total. The summed E-state index contributed by atoms with van der Waals surface area (Å²) < 4.78 is 28.3. The quantitative estimate of drug-likeness (QED) is 0.0228. The second-order valence-corrected chi connectivity index (χ2v) is 20.3. The maximum absolute atomic E-state index is 13.1. The van der Waals surface area contributed by atoms with Crippen molar-refractivity contribution in [1.29, 1.82) is 0 Å². The molecule has 0 amide bonds. The Labute approximate surface area is 455 Å². The minimum absolute atomic E-state index is 0.0644. The molecule has 1 aliphatic rings. The molecule has 75 heavy (non-hydrogen) atoms. The predicted octanol–water partition coefficient (Wildman–Crippen LogP) is 15.3. The average molecular weight is 1060 g/mol. The molecule has 6 unspecified atom stereocenters. The Kier molecular flexibility index (Phi) is 47.0. The summed E-state index contributed by atoms with van der Waals surface area (Å²) in [7, 11) is 0. The fourth-order valence-corrected chi connectivity index (χ4v) is 8.75. The van der Waals surface area contributed by atoms with Crippen LogP contribution in [-0.2, 0) is 42.9 Å². The minimum atomic E-state index is -1.93. The number of hydrogen-bond donors (Lipinski definition) is 3. The number of unbranched alkanes of at least 4 members (excludes halogenated alkanes) is 24. The number of carbonyl (C=O) groups excluding carboxylic acids is 3. The first-order valence-corrected chi connectivity index (χ1v) is 29.9. The van der Waals surface area contributed by atoms with Gasteiger partial charge in [-0.1, -0.05) is 248 Å². The van der Waals surface area contributed by atoms with Crippen LogP contribution in [0.5, 0.6) is 0 Å². The third kappa shape index (κ3) is 41.0. The number of ether oxygens (including phenoxy) is 5. The molecule has 0 aliphatic carbocycles. The van der Waals surface area contributed by atoms with Gasteiger partial charge in [0.2, 0.25) is 0 Å². The van der Waals surface area contributed by atoms with Gasteiger partial charge in [-0.15, -0.1) is 0 Å². The van der Waals surface area contributed by atoms with E-state index in [1.807, 2.05) is 18.2 Å². The maximum atomic E-state index is 13.1. The molecule has 0 bridgehead atoms. The first-order chi connectivity index (χ1) is 36.6. The molecular weight excluding hydrogens is 949 g/mol. The van der Waals surface area contributed by atoms with Crippen LogP contribution >= 0.6 is 0 Å². The number of rotatable bonds is 50. The third-order valence-electron chi connectivity index (χ3n) is 13.3. The van der Waals surface area contributed by atoms with Crippen molar-refractivity contribution >= 4 is 23.9 Å². The Morgan fingerprint density at radius 2 is 0.840 bits per heavy atom. The summed E-state index contributed by atoms with van der Waals surface area (Å²) in [5, 5.41) is 31.4. The molecule has 1 rings (SSSR count). The van der Waals surface area contributed by atoms with Gasteiger partial charge in [0.25, 0.3) is 0 Å². The average Bonchev–Trinajstić information content (AvgIpc) is 3.39. The van der Waals surface area contributed by atoms with Gasteiger partial charge in [0.05, 0.1) is 6.61 Å². The fourth-order valence-electron chi connectivity index (χ4n) is 8.75. The standard InChI is InChI=1S/C63H106O12/c1-4-7-10-13-16-19-21-23-25-27-28-30-32-34-36-39-42-45-48-51-57(66)74-61-59(68)58(67)60(62(69)70)75-63(61)72-53-54(73-56(65)50-47-44-41-37-18-15-12-9-6-3)52-71-55(64)49-46-43-40-38-35-33-31-29-26-24-22-20-17-14-11-8-5-2/h7,10,16,19,23,25,28,30,34,36,42,45,54,58-61,63,67-68H,4-6,8-9,11-15,17-18,20-22,24,26-27,29,31-33,35,37-41,43-44,46-53H2,1-3H3,(H,69,70)/b10-7-,19-16-,25-23-,30-28-,36-34-,45-42-. The van der Waals surface area contributed by atoms with Crippen molar-refractivity contribution in [2.75, 3.05) is 13.2 Å². The molecule has 0 saturated carbocycles. The van der Waals surface area contributed by atoms with E-state index in [1.54, 1.807) is 0 Å². The molecule has 12 heteroatoms. The highest BCUT2D eigenvalue weighted by Crippen LogP contribution is 2.26. The van der Waals surface area contributed by atoms with Crippen LogP contribution in [-0.4, -0.2) is 89.2 Å². The van der Waals surface area contributed by atoms with Gasteiger partial charge in [-0.2, -0.15) is 0 Å². The third-order valence-corrected chi connectivity index (χ3v) is 13.3. The lowest BCUT2D eigenvalue weighted by molar-refractivity contribution is -0.301. The van der Waals surface area contributed by atoms with Crippen LogP contribution in [0.15, 0.2) is 72.9 Å². The molecule has 0 aromatic rings. The van der Waals surface area contributed by atoms with Crippen molar-refractivity contribution in [3.05, 3.63) is 72.9 Å². The normalized spacial score (nSPS) is 18.7. The zero-order valence-electron chi connectivity index (χ0n) is 47.3. The molecule has 1 saturated heterocycles. The van der Waals surface area contributed by atoms with E-state index in [1.165, 1.54) is 116 Å². The van der Waals surface area contributed by atoms with E-state index in [9.17, 15) is 34.5 Å². The number of carboxylic acid groups (broad SMARTS) is 1. The lowest BCUT2D eigenvalue weighted by atomic mass is 9.98. The number of carboxylic acids is 1. The molecule has 12 nitrogen and oxygen atoms in total. The molecule has 0 spiro atoms. The van der Waals surface area contributed by atoms with Crippen LogP contribution in [0.1, 0.15) is 252 Å². The predicted molar refractivity (Wildman–Crippen MR) is 303 cm³/mol. The van der Waals surface area contributed by atoms with Crippen LogP contribution < -0.4 is 0 Å². The number of aliphatic hydroxyl groups is 2. The highest BCUT2D eigenvalue weighted by atomic mass is 16.7. The van der Waals surface area contributed by atoms with Gasteiger partial charge in [-0.05, 0) is 57.8 Å². The van der Waals surface area contributed by atoms with E-state index < -0.39 is 67.3 Å². The highest BCUT2D eigenvalue weighted by Gasteiger charge is 2.50. The molecule has 430 valence electrons. The lowest BCUT2D eigenvalue weighted by Crippen LogP contribution is -2.61. The summed E-state index contributed by atoms with van der Waals surface area (Å²) >= 11 is 0. The van der Waals surface area contributed by atoms with Crippen molar-refractivity contribution in [2.24, 2.45) is 0 Å². The zero-order valence-corrected chi connectivity index (χ0v) is 47.3. The first-order valence-electron chi connectivity index (χ1n) is 29.9. The molecule has 1 heterocycles. The Bertz CT molecular complexity index is 1580. The Balaban J connectivity index is 2.67. The van der Waals surface area contributed by atoms with E-state index in [0.29, 0.717) is 25.7 Å². The summed E-state index contributed by atoms with van der Waals surface area (Å²) in [5.41, 5.74) is 0. The van der Waals surface area contributed by atoms with Crippen LogP contribution in [0.25, 0.3) is 0 Å². The molecule has 6 atom stereocenters. The molecule has 0 radical (unpaired) electrons. The van der Waals surface area contributed by atoms with Gasteiger partial charge in [0, 0.05) is 19.3 Å². The Hall–Kier alpha value is -3.84. The van der Waals surface area contributed by atoms with E-state index in [-0.39, 0.29) is 25.9 Å². The summed E-state index contributed by atoms with van der Waals surface area (Å²) in [6.45, 7) is 5.84. The van der Waals surface area contributed by atoms with Crippen LogP contribution in [0.4, 0.5) is 0 Å². The minimum Gasteiger partial charge on any atom is -0.479 e. The largest absolute Gasteiger partial charge is 0.479 e.